The third-order valence-corrected chi connectivity index (χ3v) is 3.90. The van der Waals surface area contributed by atoms with Crippen LogP contribution in [0.1, 0.15) is 21.5 Å². The Morgan fingerprint density at radius 3 is 2.18 bits per heavy atom. The predicted molar refractivity (Wildman–Crippen MR) is 89.2 cm³/mol. The second-order valence-electron chi connectivity index (χ2n) is 5.11. The summed E-state index contributed by atoms with van der Waals surface area (Å²) in [6.07, 6.45) is 0. The molecule has 1 N–H and O–H groups in total. The molecule has 4 nitrogen and oxygen atoms in total. The smallest absolute Gasteiger partial charge is 0.257 e. The first-order valence-electron chi connectivity index (χ1n) is 6.90. The summed E-state index contributed by atoms with van der Waals surface area (Å²) < 4.78 is 4.29. The molecule has 0 bridgehead atoms. The van der Waals surface area contributed by atoms with Crippen LogP contribution in [0.25, 0.3) is 11.4 Å². The van der Waals surface area contributed by atoms with Crippen LogP contribution in [0.2, 0.25) is 0 Å². The van der Waals surface area contributed by atoms with Crippen molar-refractivity contribution in [2.45, 2.75) is 13.8 Å². The lowest BCUT2D eigenvalue weighted by Gasteiger charge is -2.01. The van der Waals surface area contributed by atoms with E-state index in [2.05, 4.69) is 14.7 Å². The lowest BCUT2D eigenvalue weighted by atomic mass is 10.1. The van der Waals surface area contributed by atoms with Crippen molar-refractivity contribution in [3.63, 3.8) is 0 Å². The molecule has 22 heavy (non-hydrogen) atoms. The average Bonchev–Trinajstić information content (AvgIpc) is 2.97. The Bertz CT molecular complexity index is 792. The first-order valence-corrected chi connectivity index (χ1v) is 7.68. The van der Waals surface area contributed by atoms with Crippen molar-refractivity contribution < 1.29 is 4.79 Å². The molecule has 0 aliphatic carbocycles. The standard InChI is InChI=1S/C17H15N3OS/c1-11-3-7-13(8-4-11)15-18-17(22-20-15)19-16(21)14-9-5-12(2)6-10-14/h3-10H,1-2H3,(H,18,19,20,21). The molecule has 1 amide bonds. The number of carbonyl (C=O) groups is 1. The number of nitrogens with zero attached hydrogens (tertiary/aromatic N) is 2. The third-order valence-electron chi connectivity index (χ3n) is 3.27. The molecule has 3 aromatic rings. The SMILES string of the molecule is Cc1ccc(C(=O)Nc2nc(-c3ccc(C)cc3)ns2)cc1. The highest BCUT2D eigenvalue weighted by atomic mass is 32.1. The topological polar surface area (TPSA) is 54.9 Å². The molecule has 0 unspecified atom stereocenters. The Hall–Kier alpha value is -2.53. The number of nitrogens with one attached hydrogen (secondary N) is 1. The van der Waals surface area contributed by atoms with Crippen molar-refractivity contribution in [3.05, 3.63) is 65.2 Å². The van der Waals surface area contributed by atoms with Crippen molar-refractivity contribution >= 4 is 22.6 Å². The molecule has 1 aromatic heterocycles. The van der Waals surface area contributed by atoms with Gasteiger partial charge >= 0.3 is 0 Å². The zero-order chi connectivity index (χ0) is 15.5. The lowest BCUT2D eigenvalue weighted by Crippen LogP contribution is -2.11. The van der Waals surface area contributed by atoms with Crippen LogP contribution in [-0.4, -0.2) is 15.3 Å². The fraction of sp³-hybridized carbons (Fsp3) is 0.118. The van der Waals surface area contributed by atoms with Crippen molar-refractivity contribution in [3.8, 4) is 11.4 Å². The predicted octanol–water partition coefficient (Wildman–Crippen LogP) is 4.07. The van der Waals surface area contributed by atoms with E-state index in [-0.39, 0.29) is 5.91 Å². The summed E-state index contributed by atoms with van der Waals surface area (Å²) in [7, 11) is 0. The van der Waals surface area contributed by atoms with Gasteiger partial charge in [-0.1, -0.05) is 47.5 Å². The normalized spacial score (nSPS) is 10.5. The minimum Gasteiger partial charge on any atom is -0.297 e. The van der Waals surface area contributed by atoms with Gasteiger partial charge in [0.1, 0.15) is 0 Å². The van der Waals surface area contributed by atoms with Crippen molar-refractivity contribution in [2.75, 3.05) is 5.32 Å². The summed E-state index contributed by atoms with van der Waals surface area (Å²) in [4.78, 5) is 16.5. The van der Waals surface area contributed by atoms with E-state index in [0.29, 0.717) is 16.5 Å². The molecule has 0 radical (unpaired) electrons. The molecule has 5 heteroatoms. The highest BCUT2D eigenvalue weighted by molar-refractivity contribution is 7.10. The lowest BCUT2D eigenvalue weighted by molar-refractivity contribution is 0.102. The second-order valence-corrected chi connectivity index (χ2v) is 5.86. The first kappa shape index (κ1) is 14.4. The Balaban J connectivity index is 1.75. The van der Waals surface area contributed by atoms with Crippen LogP contribution in [0.5, 0.6) is 0 Å². The van der Waals surface area contributed by atoms with Gasteiger partial charge in [-0.15, -0.1) is 0 Å². The van der Waals surface area contributed by atoms with Gasteiger partial charge in [-0.25, -0.2) is 0 Å². The van der Waals surface area contributed by atoms with Gasteiger partial charge < -0.3 is 0 Å². The van der Waals surface area contributed by atoms with Crippen LogP contribution >= 0.6 is 11.5 Å². The maximum absolute atomic E-state index is 12.1. The van der Waals surface area contributed by atoms with Crippen molar-refractivity contribution in [1.29, 1.82) is 0 Å². The molecule has 110 valence electrons. The molecule has 3 rings (SSSR count). The fourth-order valence-corrected chi connectivity index (χ4v) is 2.55. The highest BCUT2D eigenvalue weighted by Gasteiger charge is 2.11. The molecular weight excluding hydrogens is 294 g/mol. The number of aryl methyl sites for hydroxylation is 2. The number of aromatic nitrogens is 2. The van der Waals surface area contributed by atoms with Gasteiger partial charge in [-0.2, -0.15) is 9.36 Å². The number of carbonyl (C=O) groups excluding carboxylic acids is 1. The molecule has 0 aliphatic rings. The van der Waals surface area contributed by atoms with Gasteiger partial charge in [0, 0.05) is 22.7 Å². The minimum atomic E-state index is -0.174. The summed E-state index contributed by atoms with van der Waals surface area (Å²) in [6, 6.07) is 15.4. The summed E-state index contributed by atoms with van der Waals surface area (Å²) >= 11 is 1.18. The highest BCUT2D eigenvalue weighted by Crippen LogP contribution is 2.21. The number of hydrogen-bond donors (Lipinski definition) is 1. The van der Waals surface area contributed by atoms with Gasteiger partial charge in [0.25, 0.3) is 5.91 Å². The first-order chi connectivity index (χ1) is 10.6. The summed E-state index contributed by atoms with van der Waals surface area (Å²) in [5.74, 6) is 0.454. The van der Waals surface area contributed by atoms with Gasteiger partial charge in [-0.3, -0.25) is 10.1 Å². The molecule has 0 atom stereocenters. The quantitative estimate of drug-likeness (QED) is 0.793. The number of amides is 1. The number of benzene rings is 2. The Morgan fingerprint density at radius 2 is 1.55 bits per heavy atom. The third kappa shape index (κ3) is 3.20. The van der Waals surface area contributed by atoms with Gasteiger partial charge in [-0.05, 0) is 26.0 Å². The molecule has 0 fully saturated rings. The Morgan fingerprint density at radius 1 is 0.955 bits per heavy atom. The van der Waals surface area contributed by atoms with Gasteiger partial charge in [0.05, 0.1) is 0 Å². The van der Waals surface area contributed by atoms with E-state index in [1.807, 2.05) is 50.2 Å². The largest absolute Gasteiger partial charge is 0.297 e. The average molecular weight is 309 g/mol. The van der Waals surface area contributed by atoms with Crippen LogP contribution in [0.3, 0.4) is 0 Å². The van der Waals surface area contributed by atoms with Gasteiger partial charge in [0.15, 0.2) is 5.82 Å². The molecule has 0 saturated carbocycles. The molecule has 0 spiro atoms. The molecular formula is C17H15N3OS. The molecule has 0 saturated heterocycles. The van der Waals surface area contributed by atoms with Gasteiger partial charge in [0.2, 0.25) is 5.13 Å². The van der Waals surface area contributed by atoms with Crippen molar-refractivity contribution in [2.24, 2.45) is 0 Å². The number of hydrogen-bond acceptors (Lipinski definition) is 4. The summed E-state index contributed by atoms with van der Waals surface area (Å²) in [5, 5.41) is 3.29. The van der Waals surface area contributed by atoms with Crippen molar-refractivity contribution in [1.82, 2.24) is 9.36 Å². The van der Waals surface area contributed by atoms with E-state index in [1.54, 1.807) is 12.1 Å². The van der Waals surface area contributed by atoms with E-state index in [0.717, 1.165) is 11.1 Å². The second kappa shape index (κ2) is 6.07. The van der Waals surface area contributed by atoms with E-state index in [4.69, 9.17) is 0 Å². The van der Waals surface area contributed by atoms with E-state index in [9.17, 15) is 4.79 Å². The maximum atomic E-state index is 12.1. The monoisotopic (exact) mass is 309 g/mol. The van der Waals surface area contributed by atoms with Crippen LogP contribution in [0.4, 0.5) is 5.13 Å². The summed E-state index contributed by atoms with van der Waals surface area (Å²) in [6.45, 7) is 4.02. The van der Waals surface area contributed by atoms with Crippen LogP contribution < -0.4 is 5.32 Å². The van der Waals surface area contributed by atoms with Crippen LogP contribution in [0, 0.1) is 13.8 Å². The number of rotatable bonds is 3. The number of anilines is 1. The minimum absolute atomic E-state index is 0.174. The zero-order valence-electron chi connectivity index (χ0n) is 12.3. The molecule has 1 heterocycles. The Labute approximate surface area is 133 Å². The van der Waals surface area contributed by atoms with E-state index in [1.165, 1.54) is 17.1 Å². The molecule has 0 aliphatic heterocycles. The van der Waals surface area contributed by atoms with E-state index >= 15 is 0 Å². The fourth-order valence-electron chi connectivity index (χ4n) is 1.97. The molecule has 2 aromatic carbocycles. The maximum Gasteiger partial charge on any atom is 0.257 e. The summed E-state index contributed by atoms with van der Waals surface area (Å²) in [5.41, 5.74) is 3.86. The van der Waals surface area contributed by atoms with E-state index < -0.39 is 0 Å². The van der Waals surface area contributed by atoms with Crippen LogP contribution in [0.15, 0.2) is 48.5 Å². The van der Waals surface area contributed by atoms with Crippen LogP contribution in [-0.2, 0) is 0 Å². The Kier molecular flexibility index (Phi) is 3.98. The zero-order valence-corrected chi connectivity index (χ0v) is 13.1.